The molecule has 0 radical (unpaired) electrons. The highest BCUT2D eigenvalue weighted by Crippen LogP contribution is 2.39. The van der Waals surface area contributed by atoms with Crippen molar-refractivity contribution in [2.24, 2.45) is 0 Å². The summed E-state index contributed by atoms with van der Waals surface area (Å²) in [6, 6.07) is 11.9. The Morgan fingerprint density at radius 1 is 1.27 bits per heavy atom. The third-order valence-corrected chi connectivity index (χ3v) is 4.37. The molecule has 22 heavy (non-hydrogen) atoms. The van der Waals surface area contributed by atoms with Crippen LogP contribution in [-0.4, -0.2) is 29.0 Å². The van der Waals surface area contributed by atoms with Gasteiger partial charge in [-0.1, -0.05) is 31.2 Å². The van der Waals surface area contributed by atoms with Gasteiger partial charge in [-0.05, 0) is 30.7 Å². The summed E-state index contributed by atoms with van der Waals surface area (Å²) in [5.74, 6) is -0.124. The van der Waals surface area contributed by atoms with Crippen molar-refractivity contribution in [2.75, 3.05) is 13.1 Å². The maximum Gasteiger partial charge on any atom is 0.127 e. The minimum Gasteiger partial charge on any atom is -0.315 e. The second kappa shape index (κ2) is 6.99. The van der Waals surface area contributed by atoms with Crippen molar-refractivity contribution < 1.29 is 4.39 Å². The molecule has 1 aliphatic heterocycles. The molecule has 2 atom stereocenters. The molecule has 2 heterocycles. The monoisotopic (exact) mass is 299 g/mol. The van der Waals surface area contributed by atoms with Crippen LogP contribution in [-0.2, 0) is 6.54 Å². The predicted molar refractivity (Wildman–Crippen MR) is 85.9 cm³/mol. The molecule has 3 nitrogen and oxygen atoms in total. The Kier molecular flexibility index (Phi) is 4.80. The summed E-state index contributed by atoms with van der Waals surface area (Å²) in [6.07, 6.45) is 4.80. The molecule has 0 saturated carbocycles. The Balaban J connectivity index is 1.76. The summed E-state index contributed by atoms with van der Waals surface area (Å²) < 4.78 is 14.0. The first-order valence-corrected chi connectivity index (χ1v) is 7.89. The van der Waals surface area contributed by atoms with E-state index in [1.54, 1.807) is 12.3 Å². The lowest BCUT2D eigenvalue weighted by atomic mass is 9.87. The molecule has 1 aromatic heterocycles. The van der Waals surface area contributed by atoms with E-state index >= 15 is 0 Å². The zero-order valence-electron chi connectivity index (χ0n) is 12.9. The number of hydrogen-bond acceptors (Lipinski definition) is 3. The predicted octanol–water partition coefficient (Wildman–Crippen LogP) is 3.15. The number of pyridine rings is 1. The van der Waals surface area contributed by atoms with E-state index in [0.29, 0.717) is 18.6 Å². The van der Waals surface area contributed by atoms with Crippen LogP contribution in [0.4, 0.5) is 4.39 Å². The highest BCUT2D eigenvalue weighted by Gasteiger charge is 2.38. The molecule has 1 fully saturated rings. The lowest BCUT2D eigenvalue weighted by Gasteiger charge is -2.49. The second-order valence-corrected chi connectivity index (χ2v) is 5.76. The van der Waals surface area contributed by atoms with E-state index in [9.17, 15) is 4.39 Å². The first kappa shape index (κ1) is 15.1. The molecule has 0 spiro atoms. The van der Waals surface area contributed by atoms with Crippen LogP contribution in [0.3, 0.4) is 0 Å². The average molecular weight is 299 g/mol. The smallest absolute Gasteiger partial charge is 0.127 e. The Morgan fingerprint density at radius 2 is 2.14 bits per heavy atom. The van der Waals surface area contributed by atoms with Crippen LogP contribution in [0.1, 0.15) is 30.5 Å². The van der Waals surface area contributed by atoms with Crippen molar-refractivity contribution in [3.63, 3.8) is 0 Å². The molecule has 1 saturated heterocycles. The number of halogens is 1. The maximum absolute atomic E-state index is 14.0. The van der Waals surface area contributed by atoms with Crippen LogP contribution >= 0.6 is 0 Å². The van der Waals surface area contributed by atoms with Crippen LogP contribution in [0.5, 0.6) is 0 Å². The Labute approximate surface area is 131 Å². The zero-order valence-corrected chi connectivity index (χ0v) is 12.9. The van der Waals surface area contributed by atoms with Crippen LogP contribution in [0, 0.1) is 5.82 Å². The lowest BCUT2D eigenvalue weighted by molar-refractivity contribution is 0.00497. The highest BCUT2D eigenvalue weighted by atomic mass is 19.1. The third kappa shape index (κ3) is 3.18. The van der Waals surface area contributed by atoms with Crippen molar-refractivity contribution in [3.8, 4) is 0 Å². The molecule has 2 unspecified atom stereocenters. The van der Waals surface area contributed by atoms with Gasteiger partial charge in [0.15, 0.2) is 0 Å². The van der Waals surface area contributed by atoms with E-state index in [1.165, 1.54) is 11.6 Å². The molecule has 116 valence electrons. The summed E-state index contributed by atoms with van der Waals surface area (Å²) in [4.78, 5) is 6.59. The van der Waals surface area contributed by atoms with Crippen molar-refractivity contribution >= 4 is 0 Å². The molecule has 1 aliphatic rings. The normalized spacial score (nSPS) is 21.5. The Bertz CT molecular complexity index is 602. The first-order chi connectivity index (χ1) is 10.8. The molecule has 0 amide bonds. The van der Waals surface area contributed by atoms with Crippen molar-refractivity contribution in [3.05, 3.63) is 65.7 Å². The minimum absolute atomic E-state index is 0.124. The molecule has 1 aromatic carbocycles. The summed E-state index contributed by atoms with van der Waals surface area (Å²) in [5.41, 5.74) is 1.98. The molecular weight excluding hydrogens is 277 g/mol. The van der Waals surface area contributed by atoms with E-state index in [2.05, 4.69) is 28.2 Å². The number of rotatable bonds is 6. The van der Waals surface area contributed by atoms with Gasteiger partial charge in [-0.2, -0.15) is 0 Å². The van der Waals surface area contributed by atoms with Crippen molar-refractivity contribution in [1.82, 2.24) is 15.2 Å². The third-order valence-electron chi connectivity index (χ3n) is 4.37. The van der Waals surface area contributed by atoms with Gasteiger partial charge < -0.3 is 5.32 Å². The quantitative estimate of drug-likeness (QED) is 0.888. The SMILES string of the molecule is CCNCC1CC(c2cccnc2)N1Cc1ccccc1F. The van der Waals surface area contributed by atoms with Gasteiger partial charge in [0.25, 0.3) is 0 Å². The summed E-state index contributed by atoms with van der Waals surface area (Å²) in [7, 11) is 0. The van der Waals surface area contributed by atoms with Crippen LogP contribution in [0.15, 0.2) is 48.8 Å². The summed E-state index contributed by atoms with van der Waals surface area (Å²) >= 11 is 0. The molecular formula is C18H22FN3. The topological polar surface area (TPSA) is 28.2 Å². The minimum atomic E-state index is -0.124. The number of benzene rings is 1. The number of likely N-dealkylation sites (N-methyl/N-ethyl adjacent to an activating group) is 1. The van der Waals surface area contributed by atoms with Gasteiger partial charge in [0.2, 0.25) is 0 Å². The largest absolute Gasteiger partial charge is 0.315 e. The van der Waals surface area contributed by atoms with Crippen molar-refractivity contribution in [2.45, 2.75) is 32.0 Å². The molecule has 2 aromatic rings. The maximum atomic E-state index is 14.0. The molecule has 3 rings (SSSR count). The van der Waals surface area contributed by atoms with Gasteiger partial charge in [0.05, 0.1) is 0 Å². The molecule has 1 N–H and O–H groups in total. The zero-order chi connectivity index (χ0) is 15.4. The molecule has 4 heteroatoms. The van der Waals surface area contributed by atoms with E-state index in [4.69, 9.17) is 0 Å². The summed E-state index contributed by atoms with van der Waals surface area (Å²) in [5, 5.41) is 3.40. The molecule has 0 bridgehead atoms. The number of aromatic nitrogens is 1. The van der Waals surface area contributed by atoms with Gasteiger partial charge in [-0.15, -0.1) is 0 Å². The van der Waals surface area contributed by atoms with Crippen LogP contribution < -0.4 is 5.32 Å². The fourth-order valence-corrected chi connectivity index (χ4v) is 3.12. The van der Waals surface area contributed by atoms with Crippen LogP contribution in [0.2, 0.25) is 0 Å². The van der Waals surface area contributed by atoms with Gasteiger partial charge in [-0.3, -0.25) is 9.88 Å². The van der Waals surface area contributed by atoms with Gasteiger partial charge in [0, 0.05) is 43.1 Å². The van der Waals surface area contributed by atoms with Gasteiger partial charge >= 0.3 is 0 Å². The van der Waals surface area contributed by atoms with E-state index in [0.717, 1.165) is 25.1 Å². The average Bonchev–Trinajstić information content (AvgIpc) is 2.54. The summed E-state index contributed by atoms with van der Waals surface area (Å²) in [6.45, 7) is 4.66. The van der Waals surface area contributed by atoms with E-state index in [1.807, 2.05) is 24.4 Å². The van der Waals surface area contributed by atoms with E-state index < -0.39 is 0 Å². The molecule has 0 aliphatic carbocycles. The second-order valence-electron chi connectivity index (χ2n) is 5.76. The first-order valence-electron chi connectivity index (χ1n) is 7.89. The van der Waals surface area contributed by atoms with Gasteiger partial charge in [0.1, 0.15) is 5.82 Å². The van der Waals surface area contributed by atoms with E-state index in [-0.39, 0.29) is 5.82 Å². The van der Waals surface area contributed by atoms with Crippen molar-refractivity contribution in [1.29, 1.82) is 0 Å². The Hall–Kier alpha value is -1.78. The number of likely N-dealkylation sites (tertiary alicyclic amines) is 1. The fraction of sp³-hybridized carbons (Fsp3) is 0.389. The van der Waals surface area contributed by atoms with Crippen LogP contribution in [0.25, 0.3) is 0 Å². The number of hydrogen-bond donors (Lipinski definition) is 1. The number of nitrogens with one attached hydrogen (secondary N) is 1. The number of nitrogens with zero attached hydrogens (tertiary/aromatic N) is 2. The lowest BCUT2D eigenvalue weighted by Crippen LogP contribution is -2.54. The standard InChI is InChI=1S/C18H22FN3/c1-2-20-12-16-10-18(14-7-5-9-21-11-14)22(16)13-15-6-3-4-8-17(15)19/h3-9,11,16,18,20H,2,10,12-13H2,1H3. The fourth-order valence-electron chi connectivity index (χ4n) is 3.12. The highest BCUT2D eigenvalue weighted by molar-refractivity contribution is 5.22. The van der Waals surface area contributed by atoms with Gasteiger partial charge in [-0.25, -0.2) is 4.39 Å². The Morgan fingerprint density at radius 3 is 2.86 bits per heavy atom.